The molecule has 1 N–H and O–H groups in total. The maximum absolute atomic E-state index is 12.4. The summed E-state index contributed by atoms with van der Waals surface area (Å²) in [5, 5.41) is 13.1. The van der Waals surface area contributed by atoms with Crippen LogP contribution in [0.25, 0.3) is 21.7 Å². The molecular formula is C24H22N2O3. The van der Waals surface area contributed by atoms with Crippen molar-refractivity contribution in [2.75, 3.05) is 14.1 Å². The molecule has 1 amide bonds. The summed E-state index contributed by atoms with van der Waals surface area (Å²) in [7, 11) is 3.34. The number of likely N-dealkylation sites (N-methyl/N-ethyl adjacent to an activating group) is 1. The smallest absolute Gasteiger partial charge is 0.352 e. The standard InChI is InChI=1S/C24H22N2O3/c1-25(2)22(27)15-26-21-13-6-5-12-19(21)20(23(26)24(28)29)14-17-10-7-9-16-8-3-4-11-18(16)17/h3-13H,14-15H2,1-2H3,(H,28,29). The second kappa shape index (κ2) is 7.43. The molecule has 0 bridgehead atoms. The molecule has 0 radical (unpaired) electrons. The van der Waals surface area contributed by atoms with Gasteiger partial charge in [0.15, 0.2) is 0 Å². The number of fused-ring (bicyclic) bond motifs is 2. The largest absolute Gasteiger partial charge is 0.477 e. The maximum atomic E-state index is 12.4. The summed E-state index contributed by atoms with van der Waals surface area (Å²) < 4.78 is 1.63. The number of aromatic nitrogens is 1. The molecule has 5 nitrogen and oxygen atoms in total. The average Bonchev–Trinajstić information content (AvgIpc) is 3.02. The van der Waals surface area contributed by atoms with Crippen molar-refractivity contribution < 1.29 is 14.7 Å². The number of carboxylic acids is 1. The minimum atomic E-state index is -1.03. The van der Waals surface area contributed by atoms with Crippen molar-refractivity contribution in [3.05, 3.63) is 83.6 Å². The summed E-state index contributed by atoms with van der Waals surface area (Å²) in [6.45, 7) is -0.00924. The molecule has 0 aliphatic carbocycles. The zero-order chi connectivity index (χ0) is 20.5. The van der Waals surface area contributed by atoms with Gasteiger partial charge in [0.25, 0.3) is 0 Å². The van der Waals surface area contributed by atoms with E-state index >= 15 is 0 Å². The number of hydrogen-bond acceptors (Lipinski definition) is 2. The van der Waals surface area contributed by atoms with Crippen LogP contribution in [0.15, 0.2) is 66.7 Å². The normalized spacial score (nSPS) is 11.1. The first-order valence-electron chi connectivity index (χ1n) is 9.47. The number of carbonyl (C=O) groups is 2. The number of rotatable bonds is 5. The summed E-state index contributed by atoms with van der Waals surface area (Å²) >= 11 is 0. The number of para-hydroxylation sites is 1. The SMILES string of the molecule is CN(C)C(=O)Cn1c(C(=O)O)c(Cc2cccc3ccccc23)c2ccccc21. The molecule has 1 aromatic heterocycles. The fourth-order valence-corrected chi connectivity index (χ4v) is 3.88. The number of carbonyl (C=O) groups excluding carboxylic acids is 1. The van der Waals surface area contributed by atoms with Gasteiger partial charge in [0, 0.05) is 31.4 Å². The van der Waals surface area contributed by atoms with Crippen molar-refractivity contribution in [1.29, 1.82) is 0 Å². The topological polar surface area (TPSA) is 62.5 Å². The van der Waals surface area contributed by atoms with Crippen molar-refractivity contribution in [1.82, 2.24) is 9.47 Å². The Morgan fingerprint density at radius 2 is 1.55 bits per heavy atom. The minimum absolute atomic E-state index is 0.00924. The van der Waals surface area contributed by atoms with Gasteiger partial charge in [-0.1, -0.05) is 60.7 Å². The molecule has 0 aliphatic heterocycles. The molecule has 5 heteroatoms. The van der Waals surface area contributed by atoms with Crippen molar-refractivity contribution in [2.24, 2.45) is 0 Å². The van der Waals surface area contributed by atoms with Crippen LogP contribution in [0.5, 0.6) is 0 Å². The Bertz CT molecular complexity index is 1230. The van der Waals surface area contributed by atoms with Crippen LogP contribution in [0.2, 0.25) is 0 Å². The lowest BCUT2D eigenvalue weighted by Gasteiger charge is -2.13. The lowest BCUT2D eigenvalue weighted by atomic mass is 9.96. The van der Waals surface area contributed by atoms with Gasteiger partial charge >= 0.3 is 5.97 Å². The number of nitrogens with zero attached hydrogens (tertiary/aromatic N) is 2. The summed E-state index contributed by atoms with van der Waals surface area (Å²) in [5.74, 6) is -1.17. The quantitative estimate of drug-likeness (QED) is 0.560. The minimum Gasteiger partial charge on any atom is -0.477 e. The van der Waals surface area contributed by atoms with Crippen molar-refractivity contribution in [3.8, 4) is 0 Å². The Balaban J connectivity index is 1.93. The highest BCUT2D eigenvalue weighted by Gasteiger charge is 2.24. The second-order valence-corrected chi connectivity index (χ2v) is 7.34. The number of hydrogen-bond donors (Lipinski definition) is 1. The summed E-state index contributed by atoms with van der Waals surface area (Å²) in [6.07, 6.45) is 0.479. The predicted molar refractivity (Wildman–Crippen MR) is 114 cm³/mol. The van der Waals surface area contributed by atoms with E-state index in [9.17, 15) is 14.7 Å². The number of carboxylic acid groups (broad SMARTS) is 1. The number of benzene rings is 3. The van der Waals surface area contributed by atoms with E-state index < -0.39 is 5.97 Å². The van der Waals surface area contributed by atoms with E-state index in [1.807, 2.05) is 48.5 Å². The van der Waals surface area contributed by atoms with Gasteiger partial charge in [-0.15, -0.1) is 0 Å². The van der Waals surface area contributed by atoms with E-state index in [0.29, 0.717) is 6.42 Å². The van der Waals surface area contributed by atoms with Gasteiger partial charge in [0.2, 0.25) is 5.91 Å². The van der Waals surface area contributed by atoms with Crippen LogP contribution < -0.4 is 0 Å². The third-order valence-corrected chi connectivity index (χ3v) is 5.32. The molecule has 0 saturated carbocycles. The van der Waals surface area contributed by atoms with Crippen LogP contribution in [-0.2, 0) is 17.8 Å². The van der Waals surface area contributed by atoms with Gasteiger partial charge in [-0.25, -0.2) is 4.79 Å². The molecule has 0 fully saturated rings. The van der Waals surface area contributed by atoms with Gasteiger partial charge in [-0.2, -0.15) is 0 Å². The van der Waals surface area contributed by atoms with Gasteiger partial charge in [0.1, 0.15) is 12.2 Å². The fourth-order valence-electron chi connectivity index (χ4n) is 3.88. The molecule has 146 valence electrons. The zero-order valence-electron chi connectivity index (χ0n) is 16.4. The van der Waals surface area contributed by atoms with Gasteiger partial charge in [-0.05, 0) is 28.0 Å². The molecular weight excluding hydrogens is 364 g/mol. The lowest BCUT2D eigenvalue weighted by Crippen LogP contribution is -2.27. The monoisotopic (exact) mass is 386 g/mol. The van der Waals surface area contributed by atoms with Gasteiger partial charge in [0.05, 0.1) is 0 Å². The summed E-state index contributed by atoms with van der Waals surface area (Å²) in [6, 6.07) is 21.7. The van der Waals surface area contributed by atoms with E-state index in [-0.39, 0.29) is 18.1 Å². The molecule has 4 rings (SSSR count). The predicted octanol–water partition coefficient (Wildman–Crippen LogP) is 4.17. The second-order valence-electron chi connectivity index (χ2n) is 7.34. The van der Waals surface area contributed by atoms with E-state index in [0.717, 1.165) is 32.8 Å². The number of aromatic carboxylic acids is 1. The molecule has 3 aromatic carbocycles. The molecule has 0 atom stereocenters. The van der Waals surface area contributed by atoms with Crippen LogP contribution in [0, 0.1) is 0 Å². The van der Waals surface area contributed by atoms with Crippen LogP contribution in [0.4, 0.5) is 0 Å². The lowest BCUT2D eigenvalue weighted by molar-refractivity contribution is -0.129. The fraction of sp³-hybridized carbons (Fsp3) is 0.167. The first kappa shape index (κ1) is 18.7. The number of amides is 1. The Morgan fingerprint density at radius 3 is 2.28 bits per heavy atom. The Hall–Kier alpha value is -3.60. The van der Waals surface area contributed by atoms with Crippen molar-refractivity contribution in [2.45, 2.75) is 13.0 Å². The van der Waals surface area contributed by atoms with Crippen molar-refractivity contribution in [3.63, 3.8) is 0 Å². The first-order chi connectivity index (χ1) is 14.0. The third kappa shape index (κ3) is 3.36. The molecule has 4 aromatic rings. The van der Waals surface area contributed by atoms with Gasteiger partial charge in [-0.3, -0.25) is 4.79 Å². The van der Waals surface area contributed by atoms with E-state index in [1.54, 1.807) is 18.7 Å². The van der Waals surface area contributed by atoms with Crippen LogP contribution in [0.1, 0.15) is 21.6 Å². The van der Waals surface area contributed by atoms with E-state index in [1.165, 1.54) is 4.90 Å². The molecule has 0 saturated heterocycles. The van der Waals surface area contributed by atoms with Crippen molar-refractivity contribution >= 4 is 33.6 Å². The third-order valence-electron chi connectivity index (χ3n) is 5.32. The first-order valence-corrected chi connectivity index (χ1v) is 9.47. The molecule has 29 heavy (non-hydrogen) atoms. The van der Waals surface area contributed by atoms with Crippen LogP contribution in [0.3, 0.4) is 0 Å². The summed E-state index contributed by atoms with van der Waals surface area (Å²) in [4.78, 5) is 26.1. The maximum Gasteiger partial charge on any atom is 0.352 e. The average molecular weight is 386 g/mol. The molecule has 0 aliphatic rings. The summed E-state index contributed by atoms with van der Waals surface area (Å²) in [5.41, 5.74) is 2.73. The Kier molecular flexibility index (Phi) is 4.80. The highest BCUT2D eigenvalue weighted by molar-refractivity contribution is 6.00. The van der Waals surface area contributed by atoms with Crippen LogP contribution >= 0.6 is 0 Å². The van der Waals surface area contributed by atoms with E-state index in [4.69, 9.17) is 0 Å². The zero-order valence-corrected chi connectivity index (χ0v) is 16.4. The van der Waals surface area contributed by atoms with E-state index in [2.05, 4.69) is 18.2 Å². The Morgan fingerprint density at radius 1 is 0.897 bits per heavy atom. The van der Waals surface area contributed by atoms with Crippen LogP contribution in [-0.4, -0.2) is 40.5 Å². The molecule has 1 heterocycles. The highest BCUT2D eigenvalue weighted by Crippen LogP contribution is 2.31. The molecule has 0 spiro atoms. The van der Waals surface area contributed by atoms with Gasteiger partial charge < -0.3 is 14.6 Å². The highest BCUT2D eigenvalue weighted by atomic mass is 16.4. The Labute approximate surface area is 168 Å². The molecule has 0 unspecified atom stereocenters.